The van der Waals surface area contributed by atoms with Crippen LogP contribution < -0.4 is 5.32 Å². The van der Waals surface area contributed by atoms with Crippen LogP contribution in [0.2, 0.25) is 0 Å². The van der Waals surface area contributed by atoms with Gasteiger partial charge >= 0.3 is 0 Å². The van der Waals surface area contributed by atoms with E-state index in [2.05, 4.69) is 38.2 Å². The van der Waals surface area contributed by atoms with E-state index >= 15 is 0 Å². The Balaban J connectivity index is 0. The summed E-state index contributed by atoms with van der Waals surface area (Å²) in [6.45, 7) is 6.40. The molecule has 0 aliphatic rings. The molecule has 0 atom stereocenters. The molecule has 0 saturated carbocycles. The number of nitrogens with one attached hydrogen (secondary N) is 1. The van der Waals surface area contributed by atoms with Gasteiger partial charge in [-0.15, -0.1) is 0 Å². The summed E-state index contributed by atoms with van der Waals surface area (Å²) in [7, 11) is 1.96. The van der Waals surface area contributed by atoms with Gasteiger partial charge in [0, 0.05) is 14.2 Å². The lowest BCUT2D eigenvalue weighted by Crippen LogP contribution is -1.94. The number of benzene rings is 1. The topological polar surface area (TPSA) is 12.0 Å². The number of aryl methyl sites for hydroxylation is 2. The van der Waals surface area contributed by atoms with E-state index in [1.807, 2.05) is 7.05 Å². The summed E-state index contributed by atoms with van der Waals surface area (Å²) in [6, 6.07) is 4.37. The fourth-order valence-corrected chi connectivity index (χ4v) is 1.30. The maximum Gasteiger partial charge on any atom is 0.0372 e. The molecule has 12 heavy (non-hydrogen) atoms. The van der Waals surface area contributed by atoms with Crippen LogP contribution in [0, 0.1) is 20.8 Å². The fourth-order valence-electron chi connectivity index (χ4n) is 1.30. The van der Waals surface area contributed by atoms with Crippen LogP contribution in [-0.2, 0) is 0 Å². The maximum absolute atomic E-state index is 3.18. The van der Waals surface area contributed by atoms with E-state index in [9.17, 15) is 0 Å². The van der Waals surface area contributed by atoms with Crippen molar-refractivity contribution in [2.45, 2.75) is 28.2 Å². The third-order valence-electron chi connectivity index (χ3n) is 2.08. The molecule has 1 heteroatoms. The average molecular weight is 168 g/mol. The molecule has 1 nitrogen and oxygen atoms in total. The Morgan fingerprint density at radius 3 is 2.25 bits per heavy atom. The smallest absolute Gasteiger partial charge is 0.0372 e. The van der Waals surface area contributed by atoms with Crippen molar-refractivity contribution in [2.24, 2.45) is 0 Å². The van der Waals surface area contributed by atoms with Gasteiger partial charge in [-0.25, -0.2) is 0 Å². The van der Waals surface area contributed by atoms with Crippen molar-refractivity contribution in [3.05, 3.63) is 28.8 Å². The third kappa shape index (κ3) is 2.00. The Kier molecular flexibility index (Phi) is 3.81. The molecule has 1 aromatic rings. The molecule has 0 unspecified atom stereocenters. The summed E-state index contributed by atoms with van der Waals surface area (Å²) < 4.78 is 0. The summed E-state index contributed by atoms with van der Waals surface area (Å²) in [5.74, 6) is 0. The monoisotopic (exact) mass is 168 g/mol. The quantitative estimate of drug-likeness (QED) is 0.676. The minimum Gasteiger partial charge on any atom is -0.388 e. The second-order valence-electron chi connectivity index (χ2n) is 3.00. The van der Waals surface area contributed by atoms with Gasteiger partial charge < -0.3 is 5.32 Å². The number of rotatable bonds is 1. The summed E-state index contributed by atoms with van der Waals surface area (Å²) in [5.41, 5.74) is 5.26. The van der Waals surface area contributed by atoms with Crippen LogP contribution in [0.15, 0.2) is 12.1 Å². The lowest BCUT2D eigenvalue weighted by atomic mass is 10.0. The Morgan fingerprint density at radius 1 is 1.17 bits per heavy atom. The van der Waals surface area contributed by atoms with E-state index in [-0.39, 0.29) is 8.85 Å². The van der Waals surface area contributed by atoms with E-state index in [0.717, 1.165) is 0 Å². The summed E-state index contributed by atoms with van der Waals surface area (Å²) >= 11 is 0. The molecule has 1 aromatic carbocycles. The van der Waals surface area contributed by atoms with Crippen LogP contribution in [-0.4, -0.2) is 7.05 Å². The Morgan fingerprint density at radius 2 is 1.75 bits per heavy atom. The Bertz CT molecular complexity index is 269. The van der Waals surface area contributed by atoms with Gasteiger partial charge in [-0.2, -0.15) is 0 Å². The van der Waals surface area contributed by atoms with Crippen LogP contribution in [0.1, 0.15) is 25.5 Å². The molecule has 70 valence electrons. The van der Waals surface area contributed by atoms with Gasteiger partial charge in [0.2, 0.25) is 0 Å². The van der Waals surface area contributed by atoms with E-state index in [1.165, 1.54) is 22.4 Å². The third-order valence-corrected chi connectivity index (χ3v) is 2.08. The van der Waals surface area contributed by atoms with Crippen molar-refractivity contribution in [3.8, 4) is 0 Å². The van der Waals surface area contributed by atoms with Crippen molar-refractivity contribution in [2.75, 3.05) is 12.4 Å². The van der Waals surface area contributed by atoms with E-state index < -0.39 is 0 Å². The second-order valence-corrected chi connectivity index (χ2v) is 3.00. The van der Waals surface area contributed by atoms with Crippen molar-refractivity contribution in [3.63, 3.8) is 0 Å². The molecule has 1 rings (SSSR count). The van der Waals surface area contributed by atoms with Gasteiger partial charge in [-0.1, -0.05) is 13.5 Å². The van der Waals surface area contributed by atoms with Crippen LogP contribution >= 0.6 is 0 Å². The van der Waals surface area contributed by atoms with Gasteiger partial charge in [0.25, 0.3) is 0 Å². The summed E-state index contributed by atoms with van der Waals surface area (Å²) in [5, 5.41) is 3.18. The van der Waals surface area contributed by atoms with Crippen LogP contribution in [0.4, 0.5) is 5.69 Å². The van der Waals surface area contributed by atoms with Crippen molar-refractivity contribution in [1.82, 2.24) is 0 Å². The van der Waals surface area contributed by atoms with E-state index in [4.69, 9.17) is 0 Å². The standard InChI is InChI=1S/C10H15N.CH4.H2/c1-7-5-8(2)9(3)10(6-7)11-4;;/h5-6,11H,1-4H3;1H4;1H/i;;1+1. The number of hydrogen-bond donors (Lipinski definition) is 1. The Labute approximate surface area is 77.3 Å². The lowest BCUT2D eigenvalue weighted by Gasteiger charge is -2.08. The van der Waals surface area contributed by atoms with Crippen molar-refractivity contribution < 1.29 is 1.43 Å². The largest absolute Gasteiger partial charge is 0.388 e. The molecule has 0 amide bonds. The lowest BCUT2D eigenvalue weighted by molar-refractivity contribution is 1.28. The highest BCUT2D eigenvalue weighted by molar-refractivity contribution is 5.55. The predicted octanol–water partition coefficient (Wildman–Crippen LogP) is 3.54. The zero-order valence-electron chi connectivity index (χ0n) is 7.65. The van der Waals surface area contributed by atoms with Gasteiger partial charge in [-0.05, 0) is 43.5 Å². The first-order valence-electron chi connectivity index (χ1n) is 3.90. The minimum absolute atomic E-state index is 0. The molecule has 0 fully saturated rings. The molecule has 0 heterocycles. The van der Waals surface area contributed by atoms with Crippen molar-refractivity contribution in [1.29, 1.82) is 0 Å². The molecule has 0 spiro atoms. The van der Waals surface area contributed by atoms with Gasteiger partial charge in [0.15, 0.2) is 0 Å². The zero-order valence-corrected chi connectivity index (χ0v) is 7.65. The van der Waals surface area contributed by atoms with Crippen LogP contribution in [0.3, 0.4) is 0 Å². The highest BCUT2D eigenvalue weighted by Crippen LogP contribution is 2.19. The van der Waals surface area contributed by atoms with E-state index in [1.54, 1.807) is 0 Å². The molecule has 1 N–H and O–H groups in total. The molecule has 0 saturated heterocycles. The van der Waals surface area contributed by atoms with Crippen molar-refractivity contribution >= 4 is 5.69 Å². The van der Waals surface area contributed by atoms with E-state index in [0.29, 0.717) is 0 Å². The van der Waals surface area contributed by atoms with Gasteiger partial charge in [0.1, 0.15) is 0 Å². The molecule has 0 aliphatic heterocycles. The number of hydrogen-bond acceptors (Lipinski definition) is 1. The molecule has 0 aliphatic carbocycles. The first kappa shape index (κ1) is 11.0. The normalized spacial score (nSPS) is 9.00. The maximum atomic E-state index is 3.18. The Hall–Kier alpha value is -0.980. The number of anilines is 1. The summed E-state index contributed by atoms with van der Waals surface area (Å²) in [4.78, 5) is 0. The predicted molar refractivity (Wildman–Crippen MR) is 59.0 cm³/mol. The first-order valence-corrected chi connectivity index (χ1v) is 3.90. The average Bonchev–Trinajstić information content (AvgIpc) is 1.96. The first-order chi connectivity index (χ1) is 5.15. The fraction of sp³-hybridized carbons (Fsp3) is 0.455. The van der Waals surface area contributed by atoms with Gasteiger partial charge in [-0.3, -0.25) is 0 Å². The highest BCUT2D eigenvalue weighted by atomic mass is 14.8. The highest BCUT2D eigenvalue weighted by Gasteiger charge is 1.98. The molecular formula is C11H21N. The van der Waals surface area contributed by atoms with Crippen LogP contribution in [0.5, 0.6) is 0 Å². The van der Waals surface area contributed by atoms with Gasteiger partial charge in [0.05, 0.1) is 0 Å². The SMILES string of the molecule is C.CNc1cc(C)cc(C)c1C.[2HH]. The molecular weight excluding hydrogens is 146 g/mol. The molecule has 0 aromatic heterocycles. The minimum atomic E-state index is 0. The van der Waals surface area contributed by atoms with Crippen LogP contribution in [0.25, 0.3) is 0 Å². The molecule has 0 bridgehead atoms. The second kappa shape index (κ2) is 4.15. The zero-order chi connectivity index (χ0) is 8.43. The molecule has 0 radical (unpaired) electrons. The summed E-state index contributed by atoms with van der Waals surface area (Å²) in [6.07, 6.45) is 0.